The minimum atomic E-state index is -1.28. The Morgan fingerprint density at radius 1 is 1.04 bits per heavy atom. The molecule has 2 N–H and O–H groups in total. The summed E-state index contributed by atoms with van der Waals surface area (Å²) < 4.78 is 0. The fourth-order valence-electron chi connectivity index (χ4n) is 4.27. The van der Waals surface area contributed by atoms with Gasteiger partial charge in [-0.05, 0) is 29.9 Å². The van der Waals surface area contributed by atoms with E-state index < -0.39 is 5.60 Å². The zero-order valence-electron chi connectivity index (χ0n) is 17.3. The Morgan fingerprint density at radius 2 is 1.68 bits per heavy atom. The number of β-amino-alcohol motifs (C(OH)–C–C–N with tert-alkyl or cyclic N) is 2. The summed E-state index contributed by atoms with van der Waals surface area (Å²) in [5.41, 5.74) is 1.13. The van der Waals surface area contributed by atoms with Crippen molar-refractivity contribution in [2.45, 2.75) is 44.8 Å². The number of aliphatic hydroxyl groups excluding tert-OH is 1. The lowest BCUT2D eigenvalue weighted by atomic mass is 9.90. The number of rotatable bonds is 7. The van der Waals surface area contributed by atoms with Gasteiger partial charge in [0, 0.05) is 52.4 Å². The highest BCUT2D eigenvalue weighted by molar-refractivity contribution is 5.86. The van der Waals surface area contributed by atoms with Crippen molar-refractivity contribution >= 4 is 5.91 Å². The number of hydrogen-bond acceptors (Lipinski definition) is 5. The third-order valence-corrected chi connectivity index (χ3v) is 6.09. The van der Waals surface area contributed by atoms with Gasteiger partial charge in [0.25, 0.3) is 5.91 Å². The van der Waals surface area contributed by atoms with Crippen LogP contribution in [0, 0.1) is 0 Å². The smallest absolute Gasteiger partial charge is 0.256 e. The molecular formula is C22H35N3O3. The highest BCUT2D eigenvalue weighted by atomic mass is 16.3. The van der Waals surface area contributed by atoms with Gasteiger partial charge in [0.2, 0.25) is 0 Å². The molecule has 3 rings (SSSR count). The average Bonchev–Trinajstić information content (AvgIpc) is 2.68. The molecule has 1 atom stereocenters. The number of piperidine rings is 1. The van der Waals surface area contributed by atoms with Crippen LogP contribution in [0.2, 0.25) is 0 Å². The monoisotopic (exact) mass is 389 g/mol. The molecule has 2 aliphatic heterocycles. The van der Waals surface area contributed by atoms with Crippen molar-refractivity contribution in [3.8, 4) is 0 Å². The van der Waals surface area contributed by atoms with Gasteiger partial charge in [0.1, 0.15) is 0 Å². The standard InChI is InChI=1S/C22H35N3O3/c1-18(2)20-6-4-19(5-7-20)16-25-9-3-8-22(28,21(25)27)17-24-12-10-23(11-13-24)14-15-26/h4-7,18,26,28H,3,8-17H2,1-2H3/t22-/m0/s1. The van der Waals surface area contributed by atoms with Crippen LogP contribution in [-0.2, 0) is 11.3 Å². The summed E-state index contributed by atoms with van der Waals surface area (Å²) in [6.45, 7) is 10.3. The maximum Gasteiger partial charge on any atom is 0.256 e. The lowest BCUT2D eigenvalue weighted by Gasteiger charge is -2.43. The first-order chi connectivity index (χ1) is 13.4. The van der Waals surface area contributed by atoms with Gasteiger partial charge in [-0.15, -0.1) is 0 Å². The Bertz CT molecular complexity index is 641. The lowest BCUT2D eigenvalue weighted by Crippen LogP contribution is -2.60. The molecule has 6 nitrogen and oxygen atoms in total. The van der Waals surface area contributed by atoms with E-state index in [-0.39, 0.29) is 12.5 Å². The van der Waals surface area contributed by atoms with Crippen molar-refractivity contribution in [2.24, 2.45) is 0 Å². The van der Waals surface area contributed by atoms with Crippen molar-refractivity contribution in [1.82, 2.24) is 14.7 Å². The molecule has 0 unspecified atom stereocenters. The van der Waals surface area contributed by atoms with Gasteiger partial charge in [0.05, 0.1) is 6.61 Å². The molecule has 156 valence electrons. The van der Waals surface area contributed by atoms with Crippen LogP contribution in [0.5, 0.6) is 0 Å². The van der Waals surface area contributed by atoms with E-state index in [1.54, 1.807) is 0 Å². The Kier molecular flexibility index (Phi) is 7.10. The van der Waals surface area contributed by atoms with E-state index >= 15 is 0 Å². The molecule has 0 aliphatic carbocycles. The molecule has 2 heterocycles. The Hall–Kier alpha value is -1.47. The average molecular weight is 390 g/mol. The zero-order chi connectivity index (χ0) is 20.1. The number of aliphatic hydroxyl groups is 2. The molecule has 2 fully saturated rings. The van der Waals surface area contributed by atoms with Gasteiger partial charge >= 0.3 is 0 Å². The fraction of sp³-hybridized carbons (Fsp3) is 0.682. The molecule has 1 aromatic rings. The van der Waals surface area contributed by atoms with Gasteiger partial charge in [-0.25, -0.2) is 0 Å². The topological polar surface area (TPSA) is 67.2 Å². The number of carbonyl (C=O) groups is 1. The molecule has 0 saturated carbocycles. The molecule has 1 amide bonds. The van der Waals surface area contributed by atoms with Crippen molar-refractivity contribution in [3.05, 3.63) is 35.4 Å². The largest absolute Gasteiger partial charge is 0.395 e. The predicted octanol–water partition coefficient (Wildman–Crippen LogP) is 1.27. The Balaban J connectivity index is 1.58. The molecule has 2 saturated heterocycles. The second-order valence-corrected chi connectivity index (χ2v) is 8.60. The molecule has 2 aliphatic rings. The molecular weight excluding hydrogens is 354 g/mol. The number of likely N-dealkylation sites (tertiary alicyclic amines) is 1. The Labute approximate surface area is 168 Å². The first kappa shape index (κ1) is 21.2. The second kappa shape index (κ2) is 9.35. The van der Waals surface area contributed by atoms with Crippen molar-refractivity contribution in [2.75, 3.05) is 52.4 Å². The van der Waals surface area contributed by atoms with Crippen LogP contribution in [0.1, 0.15) is 43.7 Å². The van der Waals surface area contributed by atoms with E-state index in [9.17, 15) is 9.90 Å². The van der Waals surface area contributed by atoms with Crippen LogP contribution in [0.15, 0.2) is 24.3 Å². The maximum atomic E-state index is 13.1. The van der Waals surface area contributed by atoms with Crippen LogP contribution in [0.25, 0.3) is 0 Å². The minimum Gasteiger partial charge on any atom is -0.395 e. The predicted molar refractivity (Wildman–Crippen MR) is 110 cm³/mol. The van der Waals surface area contributed by atoms with E-state index in [1.165, 1.54) is 5.56 Å². The molecule has 1 aromatic carbocycles. The number of hydrogen-bond donors (Lipinski definition) is 2. The molecule has 0 aromatic heterocycles. The van der Waals surface area contributed by atoms with Crippen LogP contribution in [-0.4, -0.2) is 88.8 Å². The quantitative estimate of drug-likeness (QED) is 0.735. The van der Waals surface area contributed by atoms with Gasteiger partial charge < -0.3 is 15.1 Å². The van der Waals surface area contributed by atoms with E-state index in [0.717, 1.165) is 38.2 Å². The normalized spacial score (nSPS) is 24.9. The minimum absolute atomic E-state index is 0.135. The summed E-state index contributed by atoms with van der Waals surface area (Å²) in [7, 11) is 0. The van der Waals surface area contributed by atoms with Crippen LogP contribution in [0.4, 0.5) is 0 Å². The Morgan fingerprint density at radius 3 is 2.29 bits per heavy atom. The van der Waals surface area contributed by atoms with Gasteiger partial charge in [-0.2, -0.15) is 0 Å². The van der Waals surface area contributed by atoms with Gasteiger partial charge in [-0.1, -0.05) is 38.1 Å². The third-order valence-electron chi connectivity index (χ3n) is 6.09. The number of piperazine rings is 1. The number of carbonyl (C=O) groups excluding carboxylic acids is 1. The van der Waals surface area contributed by atoms with Crippen molar-refractivity contribution in [1.29, 1.82) is 0 Å². The number of amides is 1. The van der Waals surface area contributed by atoms with Gasteiger partial charge in [0.15, 0.2) is 5.60 Å². The van der Waals surface area contributed by atoms with Crippen LogP contribution >= 0.6 is 0 Å². The van der Waals surface area contributed by atoms with E-state index in [2.05, 4.69) is 47.9 Å². The van der Waals surface area contributed by atoms with E-state index in [0.29, 0.717) is 38.5 Å². The highest BCUT2D eigenvalue weighted by Gasteiger charge is 2.43. The lowest BCUT2D eigenvalue weighted by molar-refractivity contribution is -0.160. The molecule has 28 heavy (non-hydrogen) atoms. The maximum absolute atomic E-state index is 13.1. The zero-order valence-corrected chi connectivity index (χ0v) is 17.3. The third kappa shape index (κ3) is 5.11. The van der Waals surface area contributed by atoms with E-state index in [1.807, 2.05) is 4.90 Å². The highest BCUT2D eigenvalue weighted by Crippen LogP contribution is 2.26. The molecule has 0 radical (unpaired) electrons. The summed E-state index contributed by atoms with van der Waals surface area (Å²) in [6, 6.07) is 8.45. The molecule has 6 heteroatoms. The van der Waals surface area contributed by atoms with Gasteiger partial charge in [-0.3, -0.25) is 14.6 Å². The summed E-state index contributed by atoms with van der Waals surface area (Å²) in [5, 5.41) is 20.2. The summed E-state index contributed by atoms with van der Waals surface area (Å²) in [6.07, 6.45) is 1.36. The van der Waals surface area contributed by atoms with Crippen molar-refractivity contribution < 1.29 is 15.0 Å². The summed E-state index contributed by atoms with van der Waals surface area (Å²) in [5.74, 6) is 0.359. The first-order valence-electron chi connectivity index (χ1n) is 10.6. The molecule has 0 bridgehead atoms. The second-order valence-electron chi connectivity index (χ2n) is 8.60. The first-order valence-corrected chi connectivity index (χ1v) is 10.6. The summed E-state index contributed by atoms with van der Waals surface area (Å²) >= 11 is 0. The SMILES string of the molecule is CC(C)c1ccc(CN2CCC[C@](O)(CN3CCN(CCO)CC3)C2=O)cc1. The van der Waals surface area contributed by atoms with Crippen LogP contribution < -0.4 is 0 Å². The number of benzene rings is 1. The molecule has 0 spiro atoms. The van der Waals surface area contributed by atoms with Crippen molar-refractivity contribution in [3.63, 3.8) is 0 Å². The fourth-order valence-corrected chi connectivity index (χ4v) is 4.27. The van der Waals surface area contributed by atoms with E-state index in [4.69, 9.17) is 5.11 Å². The van der Waals surface area contributed by atoms with Crippen LogP contribution in [0.3, 0.4) is 0 Å². The summed E-state index contributed by atoms with van der Waals surface area (Å²) in [4.78, 5) is 19.3. The number of nitrogens with zero attached hydrogens (tertiary/aromatic N) is 3.